The first-order valence-electron chi connectivity index (χ1n) is 9.79. The van der Waals surface area contributed by atoms with Crippen LogP contribution in [0.3, 0.4) is 0 Å². The third-order valence-corrected chi connectivity index (χ3v) is 5.14. The van der Waals surface area contributed by atoms with E-state index in [0.717, 1.165) is 12.0 Å². The van der Waals surface area contributed by atoms with E-state index in [4.69, 9.17) is 21.1 Å². The maximum Gasteiger partial charge on any atom is 0.262 e. The number of benzene rings is 2. The van der Waals surface area contributed by atoms with Crippen molar-refractivity contribution in [1.29, 1.82) is 0 Å². The Morgan fingerprint density at radius 3 is 2.24 bits per heavy atom. The molecule has 29 heavy (non-hydrogen) atoms. The lowest BCUT2D eigenvalue weighted by Crippen LogP contribution is -2.24. The predicted octanol–water partition coefficient (Wildman–Crippen LogP) is 6.39. The zero-order valence-corrected chi connectivity index (χ0v) is 19.2. The second kappa shape index (κ2) is 9.08. The van der Waals surface area contributed by atoms with E-state index < -0.39 is 0 Å². The molecule has 0 aliphatic heterocycles. The maximum atomic E-state index is 12.3. The van der Waals surface area contributed by atoms with Gasteiger partial charge in [0.15, 0.2) is 6.61 Å². The average molecular weight is 418 g/mol. The molecule has 0 fully saturated rings. The Labute approximate surface area is 179 Å². The van der Waals surface area contributed by atoms with Gasteiger partial charge in [0.1, 0.15) is 11.5 Å². The van der Waals surface area contributed by atoms with E-state index in [1.54, 1.807) is 12.1 Å². The van der Waals surface area contributed by atoms with Crippen LogP contribution in [0.4, 0.5) is 5.69 Å². The number of nitrogens with one attached hydrogen (secondary N) is 1. The van der Waals surface area contributed by atoms with Gasteiger partial charge in [-0.15, -0.1) is 0 Å². The van der Waals surface area contributed by atoms with Crippen LogP contribution < -0.4 is 14.8 Å². The molecule has 0 saturated carbocycles. The molecule has 0 bridgehead atoms. The molecule has 0 aliphatic carbocycles. The van der Waals surface area contributed by atoms with Gasteiger partial charge < -0.3 is 14.8 Å². The maximum absolute atomic E-state index is 12.3. The van der Waals surface area contributed by atoms with Gasteiger partial charge in [0, 0.05) is 11.1 Å². The van der Waals surface area contributed by atoms with Crippen LogP contribution in [0, 0.1) is 12.3 Å². The third-order valence-electron chi connectivity index (χ3n) is 4.73. The molecule has 2 aromatic carbocycles. The molecule has 0 heterocycles. The van der Waals surface area contributed by atoms with E-state index in [-0.39, 0.29) is 23.3 Å². The summed E-state index contributed by atoms with van der Waals surface area (Å²) in [6, 6.07) is 11.5. The van der Waals surface area contributed by atoms with Gasteiger partial charge >= 0.3 is 0 Å². The van der Waals surface area contributed by atoms with E-state index in [0.29, 0.717) is 22.2 Å². The van der Waals surface area contributed by atoms with Gasteiger partial charge in [0.05, 0.1) is 12.8 Å². The minimum absolute atomic E-state index is 0.0666. The molecule has 5 heteroatoms. The van der Waals surface area contributed by atoms with Crippen molar-refractivity contribution in [3.05, 3.63) is 52.5 Å². The summed E-state index contributed by atoms with van der Waals surface area (Å²) in [4.78, 5) is 12.3. The number of carbonyl (C=O) groups excluding carboxylic acids is 1. The molecule has 2 aromatic rings. The van der Waals surface area contributed by atoms with Crippen molar-refractivity contribution in [1.82, 2.24) is 0 Å². The molecule has 4 nitrogen and oxygen atoms in total. The van der Waals surface area contributed by atoms with E-state index in [1.807, 2.05) is 19.1 Å². The quantitative estimate of drug-likeness (QED) is 0.567. The molecule has 0 aromatic heterocycles. The number of ether oxygens (including phenoxy) is 2. The SMILES string of the molecule is COc1cc(Cl)c(C)cc1NC(=O)COc1ccc(C(C)(C)CC(C)(C)C)cc1. The number of anilines is 1. The fourth-order valence-electron chi connectivity index (χ4n) is 3.70. The minimum atomic E-state index is -0.262. The second-order valence-corrected chi connectivity index (χ2v) is 9.69. The van der Waals surface area contributed by atoms with Crippen LogP contribution in [0.2, 0.25) is 5.02 Å². The van der Waals surface area contributed by atoms with Gasteiger partial charge in [-0.05, 0) is 53.5 Å². The van der Waals surface area contributed by atoms with E-state index >= 15 is 0 Å². The van der Waals surface area contributed by atoms with Gasteiger partial charge in [-0.1, -0.05) is 58.4 Å². The lowest BCUT2D eigenvalue weighted by Gasteiger charge is -2.33. The predicted molar refractivity (Wildman–Crippen MR) is 120 cm³/mol. The lowest BCUT2D eigenvalue weighted by atomic mass is 9.72. The summed E-state index contributed by atoms with van der Waals surface area (Å²) in [7, 11) is 1.54. The zero-order chi connectivity index (χ0) is 21.8. The van der Waals surface area contributed by atoms with Gasteiger partial charge in [0.2, 0.25) is 0 Å². The van der Waals surface area contributed by atoms with Crippen molar-refractivity contribution in [2.75, 3.05) is 19.0 Å². The summed E-state index contributed by atoms with van der Waals surface area (Å²) in [6.45, 7) is 13.0. The molecule has 0 atom stereocenters. The lowest BCUT2D eigenvalue weighted by molar-refractivity contribution is -0.118. The summed E-state index contributed by atoms with van der Waals surface area (Å²) in [5, 5.41) is 3.40. The summed E-state index contributed by atoms with van der Waals surface area (Å²) >= 11 is 6.10. The molecule has 0 aliphatic rings. The summed E-state index contributed by atoms with van der Waals surface area (Å²) in [5.41, 5.74) is 3.00. The molecule has 2 rings (SSSR count). The van der Waals surface area contributed by atoms with Gasteiger partial charge in [-0.2, -0.15) is 0 Å². The first-order chi connectivity index (χ1) is 13.4. The Morgan fingerprint density at radius 1 is 1.07 bits per heavy atom. The number of methoxy groups -OCH3 is 1. The Balaban J connectivity index is 1.98. The Morgan fingerprint density at radius 2 is 1.69 bits per heavy atom. The van der Waals surface area contributed by atoms with Gasteiger partial charge in [-0.25, -0.2) is 0 Å². The summed E-state index contributed by atoms with van der Waals surface area (Å²) in [5.74, 6) is 0.913. The average Bonchev–Trinajstić information content (AvgIpc) is 2.61. The number of carbonyl (C=O) groups is 1. The van der Waals surface area contributed by atoms with Crippen LogP contribution in [-0.4, -0.2) is 19.6 Å². The fourth-order valence-corrected chi connectivity index (χ4v) is 3.85. The van der Waals surface area contributed by atoms with Crippen molar-refractivity contribution in [3.8, 4) is 11.5 Å². The third kappa shape index (κ3) is 6.67. The van der Waals surface area contributed by atoms with Crippen LogP contribution in [0.5, 0.6) is 11.5 Å². The van der Waals surface area contributed by atoms with Crippen molar-refractivity contribution in [2.45, 2.75) is 53.4 Å². The Bertz CT molecular complexity index is 852. The Hall–Kier alpha value is -2.20. The number of rotatable bonds is 7. The number of halogens is 1. The first-order valence-corrected chi connectivity index (χ1v) is 10.2. The van der Waals surface area contributed by atoms with E-state index in [2.05, 4.69) is 52.1 Å². The van der Waals surface area contributed by atoms with Crippen molar-refractivity contribution in [2.24, 2.45) is 5.41 Å². The highest BCUT2D eigenvalue weighted by Gasteiger charge is 2.27. The summed E-state index contributed by atoms with van der Waals surface area (Å²) in [6.07, 6.45) is 1.07. The number of aryl methyl sites for hydroxylation is 1. The van der Waals surface area contributed by atoms with Crippen LogP contribution in [0.15, 0.2) is 36.4 Å². The van der Waals surface area contributed by atoms with Crippen molar-refractivity contribution < 1.29 is 14.3 Å². The second-order valence-electron chi connectivity index (χ2n) is 9.28. The highest BCUT2D eigenvalue weighted by atomic mass is 35.5. The van der Waals surface area contributed by atoms with Gasteiger partial charge in [0.25, 0.3) is 5.91 Å². The normalized spacial score (nSPS) is 11.9. The fraction of sp³-hybridized carbons (Fsp3) is 0.458. The standard InChI is InChI=1S/C24H32ClNO3/c1-16-12-20(21(28-7)13-19(16)25)26-22(27)14-29-18-10-8-17(9-11-18)24(5,6)15-23(2,3)4/h8-13H,14-15H2,1-7H3,(H,26,27). The topological polar surface area (TPSA) is 47.6 Å². The Kier molecular flexibility index (Phi) is 7.23. The van der Waals surface area contributed by atoms with Gasteiger partial charge in [-0.3, -0.25) is 4.79 Å². The van der Waals surface area contributed by atoms with Crippen LogP contribution in [-0.2, 0) is 10.2 Å². The molecule has 0 saturated heterocycles. The van der Waals surface area contributed by atoms with Crippen LogP contribution >= 0.6 is 11.6 Å². The zero-order valence-electron chi connectivity index (χ0n) is 18.5. The van der Waals surface area contributed by atoms with Crippen LogP contribution in [0.1, 0.15) is 52.2 Å². The first kappa shape index (κ1) is 23.1. The minimum Gasteiger partial charge on any atom is -0.495 e. The van der Waals surface area contributed by atoms with E-state index in [1.165, 1.54) is 12.7 Å². The summed E-state index contributed by atoms with van der Waals surface area (Å²) < 4.78 is 10.9. The molecule has 158 valence electrons. The highest BCUT2D eigenvalue weighted by molar-refractivity contribution is 6.31. The molecule has 1 N–H and O–H groups in total. The molecule has 1 amide bonds. The number of hydrogen-bond donors (Lipinski definition) is 1. The molecule has 0 spiro atoms. The number of amides is 1. The van der Waals surface area contributed by atoms with Crippen molar-refractivity contribution >= 4 is 23.2 Å². The molecule has 0 radical (unpaired) electrons. The largest absolute Gasteiger partial charge is 0.495 e. The molecular weight excluding hydrogens is 386 g/mol. The number of hydrogen-bond acceptors (Lipinski definition) is 3. The van der Waals surface area contributed by atoms with E-state index in [9.17, 15) is 4.79 Å². The van der Waals surface area contributed by atoms with Crippen molar-refractivity contribution in [3.63, 3.8) is 0 Å². The smallest absolute Gasteiger partial charge is 0.262 e. The molecule has 0 unspecified atom stereocenters. The van der Waals surface area contributed by atoms with Crippen LogP contribution in [0.25, 0.3) is 0 Å². The molecular formula is C24H32ClNO3. The monoisotopic (exact) mass is 417 g/mol. The highest BCUT2D eigenvalue weighted by Crippen LogP contribution is 2.36.